The number of carbonyl (C=O) groups is 1. The number of anilines is 2. The van der Waals surface area contributed by atoms with Gasteiger partial charge in [-0.1, -0.05) is 17.7 Å². The molecule has 0 heterocycles. The van der Waals surface area contributed by atoms with Gasteiger partial charge in [0.1, 0.15) is 0 Å². The largest absolute Gasteiger partial charge is 0.376 e. The van der Waals surface area contributed by atoms with E-state index >= 15 is 0 Å². The van der Waals surface area contributed by atoms with Crippen LogP contribution in [0.15, 0.2) is 36.4 Å². The van der Waals surface area contributed by atoms with Gasteiger partial charge in [0.05, 0.1) is 12.2 Å². The van der Waals surface area contributed by atoms with E-state index in [1.165, 1.54) is 0 Å². The molecule has 0 unspecified atom stereocenters. The normalized spacial score (nSPS) is 10.3. The van der Waals surface area contributed by atoms with Crippen LogP contribution in [0.4, 0.5) is 24.5 Å². The Labute approximate surface area is 123 Å². The Balaban J connectivity index is 1.98. The quantitative estimate of drug-likeness (QED) is 0.843. The van der Waals surface area contributed by atoms with Crippen LogP contribution >= 0.6 is 11.6 Å². The third kappa shape index (κ3) is 3.88. The number of benzene rings is 2. The number of hydrogen-bond acceptors (Lipinski definition) is 2. The lowest BCUT2D eigenvalue weighted by Gasteiger charge is -2.09. The molecule has 2 N–H and O–H groups in total. The van der Waals surface area contributed by atoms with Gasteiger partial charge in [-0.05, 0) is 30.3 Å². The van der Waals surface area contributed by atoms with Crippen molar-refractivity contribution in [3.05, 3.63) is 58.9 Å². The molecular formula is C14H10ClF3N2O. The minimum Gasteiger partial charge on any atom is -0.376 e. The second kappa shape index (κ2) is 6.49. The zero-order chi connectivity index (χ0) is 15.4. The summed E-state index contributed by atoms with van der Waals surface area (Å²) in [4.78, 5) is 11.6. The van der Waals surface area contributed by atoms with Gasteiger partial charge in [-0.25, -0.2) is 13.2 Å². The molecule has 0 atom stereocenters. The van der Waals surface area contributed by atoms with Crippen molar-refractivity contribution in [3.8, 4) is 0 Å². The molecule has 0 radical (unpaired) electrons. The smallest absolute Gasteiger partial charge is 0.243 e. The summed E-state index contributed by atoms with van der Waals surface area (Å²) in [6, 6.07) is 8.34. The Kier molecular flexibility index (Phi) is 4.70. The third-order valence-electron chi connectivity index (χ3n) is 2.59. The molecule has 0 aliphatic heterocycles. The molecule has 0 spiro atoms. The van der Waals surface area contributed by atoms with Gasteiger partial charge in [0, 0.05) is 10.7 Å². The van der Waals surface area contributed by atoms with E-state index in [2.05, 4.69) is 10.6 Å². The standard InChI is InChI=1S/C14H10ClF3N2O/c15-8-2-1-3-9(6-8)19-7-12(21)20-11-5-4-10(16)13(17)14(11)18/h1-6,19H,7H2,(H,20,21). The maximum atomic E-state index is 13.4. The van der Waals surface area contributed by atoms with Crippen LogP contribution in [0.3, 0.4) is 0 Å². The Bertz CT molecular complexity index is 679. The summed E-state index contributed by atoms with van der Waals surface area (Å²) in [5, 5.41) is 5.40. The molecule has 1 amide bonds. The topological polar surface area (TPSA) is 41.1 Å². The van der Waals surface area contributed by atoms with E-state index in [-0.39, 0.29) is 6.54 Å². The predicted molar refractivity (Wildman–Crippen MR) is 74.9 cm³/mol. The lowest BCUT2D eigenvalue weighted by Crippen LogP contribution is -2.22. The fourth-order valence-corrected chi connectivity index (χ4v) is 1.79. The molecule has 7 heteroatoms. The van der Waals surface area contributed by atoms with Crippen molar-refractivity contribution >= 4 is 28.9 Å². The monoisotopic (exact) mass is 314 g/mol. The number of halogens is 4. The van der Waals surface area contributed by atoms with Gasteiger partial charge < -0.3 is 10.6 Å². The summed E-state index contributed by atoms with van der Waals surface area (Å²) in [6.07, 6.45) is 0. The molecule has 0 aliphatic rings. The van der Waals surface area contributed by atoms with E-state index in [9.17, 15) is 18.0 Å². The predicted octanol–water partition coefficient (Wildman–Crippen LogP) is 3.81. The number of amides is 1. The minimum atomic E-state index is -1.63. The average Bonchev–Trinajstić information content (AvgIpc) is 2.46. The van der Waals surface area contributed by atoms with E-state index < -0.39 is 29.0 Å². The molecule has 110 valence electrons. The maximum absolute atomic E-state index is 13.4. The van der Waals surface area contributed by atoms with Crippen LogP contribution in [0.25, 0.3) is 0 Å². The van der Waals surface area contributed by atoms with Crippen molar-refractivity contribution < 1.29 is 18.0 Å². The zero-order valence-electron chi connectivity index (χ0n) is 10.6. The van der Waals surface area contributed by atoms with E-state index in [0.717, 1.165) is 12.1 Å². The molecule has 2 rings (SSSR count). The number of carbonyl (C=O) groups excluding carboxylic acids is 1. The summed E-state index contributed by atoms with van der Waals surface area (Å²) in [5.74, 6) is -5.00. The summed E-state index contributed by atoms with van der Waals surface area (Å²) in [7, 11) is 0. The molecule has 0 fully saturated rings. The highest BCUT2D eigenvalue weighted by Crippen LogP contribution is 2.19. The number of nitrogens with one attached hydrogen (secondary N) is 2. The average molecular weight is 315 g/mol. The van der Waals surface area contributed by atoms with Crippen LogP contribution < -0.4 is 10.6 Å². The molecule has 0 aromatic heterocycles. The van der Waals surface area contributed by atoms with Crippen LogP contribution in [0.1, 0.15) is 0 Å². The fourth-order valence-electron chi connectivity index (χ4n) is 1.60. The maximum Gasteiger partial charge on any atom is 0.243 e. The van der Waals surface area contributed by atoms with E-state index in [4.69, 9.17) is 11.6 Å². The Hall–Kier alpha value is -2.21. The van der Waals surface area contributed by atoms with Crippen molar-refractivity contribution in [1.82, 2.24) is 0 Å². The van der Waals surface area contributed by atoms with Crippen LogP contribution in [0, 0.1) is 17.5 Å². The van der Waals surface area contributed by atoms with Crippen molar-refractivity contribution in [2.24, 2.45) is 0 Å². The molecule has 0 saturated heterocycles. The Morgan fingerprint density at radius 2 is 1.86 bits per heavy atom. The summed E-state index contributed by atoms with van der Waals surface area (Å²) < 4.78 is 39.1. The van der Waals surface area contributed by atoms with Gasteiger partial charge in [-0.3, -0.25) is 4.79 Å². The van der Waals surface area contributed by atoms with Crippen molar-refractivity contribution in [2.45, 2.75) is 0 Å². The zero-order valence-corrected chi connectivity index (χ0v) is 11.3. The molecule has 3 nitrogen and oxygen atoms in total. The highest BCUT2D eigenvalue weighted by Gasteiger charge is 2.14. The summed E-state index contributed by atoms with van der Waals surface area (Å²) >= 11 is 5.78. The van der Waals surface area contributed by atoms with Gasteiger partial charge in [0.25, 0.3) is 0 Å². The van der Waals surface area contributed by atoms with Crippen LogP contribution in [0.5, 0.6) is 0 Å². The third-order valence-corrected chi connectivity index (χ3v) is 2.82. The number of hydrogen-bond donors (Lipinski definition) is 2. The van der Waals surface area contributed by atoms with Gasteiger partial charge in [0.2, 0.25) is 5.91 Å². The lowest BCUT2D eigenvalue weighted by atomic mass is 10.2. The second-order valence-electron chi connectivity index (χ2n) is 4.13. The lowest BCUT2D eigenvalue weighted by molar-refractivity contribution is -0.114. The second-order valence-corrected chi connectivity index (χ2v) is 4.57. The first-order valence-corrected chi connectivity index (χ1v) is 6.28. The molecule has 2 aromatic carbocycles. The molecule has 0 saturated carbocycles. The van der Waals surface area contributed by atoms with E-state index in [0.29, 0.717) is 10.7 Å². The van der Waals surface area contributed by atoms with Gasteiger partial charge >= 0.3 is 0 Å². The Morgan fingerprint density at radius 1 is 1.10 bits per heavy atom. The van der Waals surface area contributed by atoms with E-state index in [1.54, 1.807) is 24.3 Å². The first-order valence-electron chi connectivity index (χ1n) is 5.90. The van der Waals surface area contributed by atoms with Crippen molar-refractivity contribution in [2.75, 3.05) is 17.2 Å². The van der Waals surface area contributed by atoms with Crippen molar-refractivity contribution in [3.63, 3.8) is 0 Å². The van der Waals surface area contributed by atoms with Crippen LogP contribution in [-0.4, -0.2) is 12.5 Å². The molecule has 2 aromatic rings. The molecule has 21 heavy (non-hydrogen) atoms. The van der Waals surface area contributed by atoms with E-state index in [1.807, 2.05) is 0 Å². The van der Waals surface area contributed by atoms with Crippen LogP contribution in [0.2, 0.25) is 5.02 Å². The molecule has 0 bridgehead atoms. The first-order chi connectivity index (χ1) is 9.97. The highest BCUT2D eigenvalue weighted by atomic mass is 35.5. The van der Waals surface area contributed by atoms with Gasteiger partial charge in [0.15, 0.2) is 17.5 Å². The highest BCUT2D eigenvalue weighted by molar-refractivity contribution is 6.30. The van der Waals surface area contributed by atoms with Crippen molar-refractivity contribution in [1.29, 1.82) is 0 Å². The SMILES string of the molecule is O=C(CNc1cccc(Cl)c1)Nc1ccc(F)c(F)c1F. The summed E-state index contributed by atoms with van der Waals surface area (Å²) in [6.45, 7) is -0.182. The minimum absolute atomic E-state index is 0.182. The Morgan fingerprint density at radius 3 is 2.57 bits per heavy atom. The molecular weight excluding hydrogens is 305 g/mol. The number of rotatable bonds is 4. The summed E-state index contributed by atoms with van der Waals surface area (Å²) in [5.41, 5.74) is 0.176. The van der Waals surface area contributed by atoms with Gasteiger partial charge in [-0.2, -0.15) is 0 Å². The van der Waals surface area contributed by atoms with Crippen LogP contribution in [-0.2, 0) is 4.79 Å². The molecule has 0 aliphatic carbocycles. The fraction of sp³-hybridized carbons (Fsp3) is 0.0714. The first kappa shape index (κ1) is 15.2. The van der Waals surface area contributed by atoms with Gasteiger partial charge in [-0.15, -0.1) is 0 Å².